The highest BCUT2D eigenvalue weighted by atomic mass is 79.9. The summed E-state index contributed by atoms with van der Waals surface area (Å²) in [5, 5.41) is 1.10. The van der Waals surface area contributed by atoms with Gasteiger partial charge in [0, 0.05) is 15.9 Å². The summed E-state index contributed by atoms with van der Waals surface area (Å²) in [6, 6.07) is 0. The monoisotopic (exact) mass is 352 g/mol. The molecule has 0 aromatic carbocycles. The molecular formula is C8H15Br2ClOS. The van der Waals surface area contributed by atoms with Crippen molar-refractivity contribution in [3.63, 3.8) is 0 Å². The SMILES string of the molecule is ClCC1CO1.SCC(Br)CCCBr. The Hall–Kier alpha value is 1.56. The zero-order valence-corrected chi connectivity index (χ0v) is 12.2. The lowest BCUT2D eigenvalue weighted by Crippen LogP contribution is -1.98. The summed E-state index contributed by atoms with van der Waals surface area (Å²) < 4.78 is 4.73. The maximum atomic E-state index is 5.27. The molecule has 0 spiro atoms. The first-order valence-corrected chi connectivity index (χ1v) is 7.43. The maximum absolute atomic E-state index is 5.27. The Labute approximate surface area is 108 Å². The highest BCUT2D eigenvalue weighted by Crippen LogP contribution is 2.10. The Balaban J connectivity index is 0.000000243. The van der Waals surface area contributed by atoms with Crippen LogP contribution in [0, 0.1) is 0 Å². The van der Waals surface area contributed by atoms with Crippen LogP contribution in [0.3, 0.4) is 0 Å². The van der Waals surface area contributed by atoms with E-state index in [2.05, 4.69) is 44.5 Å². The van der Waals surface area contributed by atoms with E-state index in [-0.39, 0.29) is 0 Å². The fourth-order valence-electron chi connectivity index (χ4n) is 0.547. The number of epoxide rings is 1. The maximum Gasteiger partial charge on any atom is 0.0944 e. The smallest absolute Gasteiger partial charge is 0.0944 e. The highest BCUT2D eigenvalue weighted by Gasteiger charge is 2.19. The van der Waals surface area contributed by atoms with E-state index in [1.807, 2.05) is 0 Å². The van der Waals surface area contributed by atoms with Crippen LogP contribution in [0.5, 0.6) is 0 Å². The Kier molecular flexibility index (Phi) is 11.3. The van der Waals surface area contributed by atoms with Crippen LogP contribution >= 0.6 is 56.1 Å². The third-order valence-corrected chi connectivity index (χ3v) is 4.05. The normalized spacial score (nSPS) is 21.7. The largest absolute Gasteiger partial charge is 0.372 e. The van der Waals surface area contributed by atoms with E-state index >= 15 is 0 Å². The van der Waals surface area contributed by atoms with E-state index in [4.69, 9.17) is 16.3 Å². The molecule has 1 rings (SSSR count). The quantitative estimate of drug-likeness (QED) is 0.453. The van der Waals surface area contributed by atoms with Crippen LogP contribution in [0.4, 0.5) is 0 Å². The van der Waals surface area contributed by atoms with Crippen LogP contribution in [0.15, 0.2) is 0 Å². The Bertz CT molecular complexity index is 114. The molecule has 1 aliphatic rings. The fraction of sp³-hybridized carbons (Fsp3) is 1.00. The number of thiol groups is 1. The van der Waals surface area contributed by atoms with Crippen LogP contribution < -0.4 is 0 Å². The first kappa shape index (κ1) is 14.6. The first-order valence-electron chi connectivity index (χ1n) is 4.23. The number of alkyl halides is 3. The molecule has 5 heteroatoms. The van der Waals surface area contributed by atoms with Crippen LogP contribution in [-0.2, 0) is 4.74 Å². The number of ether oxygens (including phenoxy) is 1. The molecule has 2 unspecified atom stereocenters. The topological polar surface area (TPSA) is 12.5 Å². The van der Waals surface area contributed by atoms with Gasteiger partial charge in [0.15, 0.2) is 0 Å². The van der Waals surface area contributed by atoms with E-state index in [1.165, 1.54) is 12.8 Å². The molecule has 13 heavy (non-hydrogen) atoms. The lowest BCUT2D eigenvalue weighted by molar-refractivity contribution is 0.425. The second kappa shape index (κ2) is 10.1. The minimum Gasteiger partial charge on any atom is -0.372 e. The van der Waals surface area contributed by atoms with Crippen molar-refractivity contribution in [2.75, 3.05) is 23.6 Å². The molecule has 0 bridgehead atoms. The summed E-state index contributed by atoms with van der Waals surface area (Å²) in [6.07, 6.45) is 2.85. The van der Waals surface area contributed by atoms with Crippen molar-refractivity contribution in [1.82, 2.24) is 0 Å². The van der Waals surface area contributed by atoms with E-state index < -0.39 is 0 Å². The molecule has 1 saturated heterocycles. The molecule has 0 aliphatic carbocycles. The van der Waals surface area contributed by atoms with E-state index in [1.54, 1.807) is 0 Å². The van der Waals surface area contributed by atoms with Crippen LogP contribution in [0.25, 0.3) is 0 Å². The van der Waals surface area contributed by atoms with Crippen molar-refractivity contribution >= 4 is 56.1 Å². The van der Waals surface area contributed by atoms with Gasteiger partial charge in [0.2, 0.25) is 0 Å². The van der Waals surface area contributed by atoms with Crippen molar-refractivity contribution in [3.8, 4) is 0 Å². The van der Waals surface area contributed by atoms with Gasteiger partial charge in [-0.2, -0.15) is 12.6 Å². The van der Waals surface area contributed by atoms with Gasteiger partial charge in [0.1, 0.15) is 0 Å². The molecule has 1 aliphatic heterocycles. The fourth-order valence-corrected chi connectivity index (χ4v) is 1.56. The predicted molar refractivity (Wildman–Crippen MR) is 70.1 cm³/mol. The van der Waals surface area contributed by atoms with Crippen molar-refractivity contribution < 1.29 is 4.74 Å². The number of hydrogen-bond donors (Lipinski definition) is 1. The zero-order valence-electron chi connectivity index (χ0n) is 7.39. The molecular weight excluding hydrogens is 339 g/mol. The highest BCUT2D eigenvalue weighted by molar-refractivity contribution is 9.09. The van der Waals surface area contributed by atoms with Crippen molar-refractivity contribution in [1.29, 1.82) is 0 Å². The molecule has 0 aromatic heterocycles. The summed E-state index contributed by atoms with van der Waals surface area (Å²) in [6.45, 7) is 0.878. The van der Waals surface area contributed by atoms with Gasteiger partial charge in [-0.25, -0.2) is 0 Å². The van der Waals surface area contributed by atoms with Gasteiger partial charge in [-0.15, -0.1) is 11.6 Å². The minimum atomic E-state index is 0.400. The average Bonchev–Trinajstić information content (AvgIpc) is 2.98. The second-order valence-electron chi connectivity index (χ2n) is 2.72. The predicted octanol–water partition coefficient (Wildman–Crippen LogP) is 3.48. The summed E-state index contributed by atoms with van der Waals surface area (Å²) in [4.78, 5) is 0.600. The summed E-state index contributed by atoms with van der Waals surface area (Å²) >= 11 is 16.2. The summed E-state index contributed by atoms with van der Waals surface area (Å²) in [5.41, 5.74) is 0. The minimum absolute atomic E-state index is 0.400. The van der Waals surface area contributed by atoms with Crippen LogP contribution in [0.2, 0.25) is 0 Å². The summed E-state index contributed by atoms with van der Waals surface area (Å²) in [5.74, 6) is 1.60. The van der Waals surface area contributed by atoms with Crippen molar-refractivity contribution in [2.45, 2.75) is 23.8 Å². The van der Waals surface area contributed by atoms with Crippen molar-refractivity contribution in [2.24, 2.45) is 0 Å². The van der Waals surface area contributed by atoms with Crippen LogP contribution in [-0.4, -0.2) is 34.5 Å². The number of hydrogen-bond acceptors (Lipinski definition) is 2. The van der Waals surface area contributed by atoms with Gasteiger partial charge < -0.3 is 4.74 Å². The molecule has 0 radical (unpaired) electrons. The molecule has 1 nitrogen and oxygen atoms in total. The molecule has 0 saturated carbocycles. The molecule has 1 heterocycles. The number of halogens is 3. The molecule has 0 amide bonds. The molecule has 0 aromatic rings. The first-order chi connectivity index (χ1) is 6.24. The van der Waals surface area contributed by atoms with Gasteiger partial charge in [0.05, 0.1) is 18.6 Å². The van der Waals surface area contributed by atoms with Gasteiger partial charge in [-0.1, -0.05) is 31.9 Å². The van der Waals surface area contributed by atoms with E-state index in [9.17, 15) is 0 Å². The van der Waals surface area contributed by atoms with Gasteiger partial charge in [-0.3, -0.25) is 0 Å². The molecule has 80 valence electrons. The second-order valence-corrected chi connectivity index (χ2v) is 5.48. The third-order valence-electron chi connectivity index (χ3n) is 1.42. The molecule has 1 fully saturated rings. The van der Waals surface area contributed by atoms with Crippen LogP contribution in [0.1, 0.15) is 12.8 Å². The molecule has 0 N–H and O–H groups in total. The third kappa shape index (κ3) is 11.5. The molecule has 2 atom stereocenters. The lowest BCUT2D eigenvalue weighted by atomic mass is 10.3. The van der Waals surface area contributed by atoms with Gasteiger partial charge in [-0.05, 0) is 12.8 Å². The van der Waals surface area contributed by atoms with Gasteiger partial charge in [0.25, 0.3) is 0 Å². The summed E-state index contributed by atoms with van der Waals surface area (Å²) in [7, 11) is 0. The Morgan fingerprint density at radius 1 is 1.62 bits per heavy atom. The van der Waals surface area contributed by atoms with Crippen molar-refractivity contribution in [3.05, 3.63) is 0 Å². The van der Waals surface area contributed by atoms with E-state index in [0.717, 1.165) is 17.7 Å². The lowest BCUT2D eigenvalue weighted by Gasteiger charge is -2.01. The number of rotatable bonds is 5. The van der Waals surface area contributed by atoms with E-state index in [0.29, 0.717) is 16.8 Å². The zero-order chi connectivity index (χ0) is 10.1. The average molecular weight is 355 g/mol. The van der Waals surface area contributed by atoms with Gasteiger partial charge >= 0.3 is 0 Å². The Morgan fingerprint density at radius 3 is 2.46 bits per heavy atom. The standard InChI is InChI=1S/C5H10Br2S.C3H5ClO/c6-3-1-2-5(7)4-8;4-1-3-2-5-3/h5,8H,1-4H2;3H,1-2H2. The Morgan fingerprint density at radius 2 is 2.23 bits per heavy atom.